The van der Waals surface area contributed by atoms with Crippen LogP contribution >= 0.6 is 0 Å². The summed E-state index contributed by atoms with van der Waals surface area (Å²) in [5.74, 6) is -1.18. The smallest absolute Gasteiger partial charge is 0.416 e. The molecule has 13 heteroatoms. The normalized spacial score (nSPS) is 16.8. The van der Waals surface area contributed by atoms with Crippen LogP contribution in [0.2, 0.25) is 0 Å². The molecule has 0 radical (unpaired) electrons. The molecule has 206 valence electrons. The Morgan fingerprint density at radius 3 is 2.51 bits per heavy atom. The van der Waals surface area contributed by atoms with Gasteiger partial charge in [-0.1, -0.05) is 0 Å². The lowest BCUT2D eigenvalue weighted by Gasteiger charge is -2.53. The number of hydrogen-bond donors (Lipinski definition) is 1. The molecule has 3 aromatic rings. The highest BCUT2D eigenvalue weighted by Gasteiger charge is 2.53. The fourth-order valence-corrected chi connectivity index (χ4v) is 6.37. The standard InChI is InChI=1S/C26H23F4N3O5S/c1-37-23-9-19(27)2-3-22(23)21-4-5-31-10-17(21)11-32-24(34)16-6-18(26(28,29)30)8-20(7-16)39(35,36)33-12-25(13-33)14-38-15-25/h2-10H,11-15H2,1H3,(H,32,34). The van der Waals surface area contributed by atoms with Crippen molar-refractivity contribution in [3.05, 3.63) is 77.4 Å². The number of methoxy groups -OCH3 is 1. The first-order valence-electron chi connectivity index (χ1n) is 11.8. The lowest BCUT2D eigenvalue weighted by molar-refractivity contribution is -0.166. The van der Waals surface area contributed by atoms with Crippen LogP contribution in [0.4, 0.5) is 17.6 Å². The van der Waals surface area contributed by atoms with Gasteiger partial charge in [0.25, 0.3) is 5.91 Å². The zero-order valence-corrected chi connectivity index (χ0v) is 21.4. The highest BCUT2D eigenvalue weighted by atomic mass is 32.2. The maximum atomic E-state index is 13.7. The van der Waals surface area contributed by atoms with Crippen LogP contribution in [0.25, 0.3) is 11.1 Å². The Morgan fingerprint density at radius 2 is 1.87 bits per heavy atom. The molecule has 0 unspecified atom stereocenters. The minimum absolute atomic E-state index is 0.143. The van der Waals surface area contributed by atoms with Gasteiger partial charge in [-0.25, -0.2) is 12.8 Å². The maximum Gasteiger partial charge on any atom is 0.416 e. The first kappa shape index (κ1) is 27.0. The molecule has 2 aliphatic heterocycles. The number of rotatable bonds is 7. The van der Waals surface area contributed by atoms with E-state index in [4.69, 9.17) is 9.47 Å². The molecule has 0 atom stereocenters. The molecule has 2 saturated heterocycles. The van der Waals surface area contributed by atoms with Gasteiger partial charge in [0.2, 0.25) is 10.0 Å². The van der Waals surface area contributed by atoms with E-state index < -0.39 is 43.9 Å². The predicted octanol–water partition coefficient (Wildman–Crippen LogP) is 3.87. The summed E-state index contributed by atoms with van der Waals surface area (Å²) < 4.78 is 92.4. The van der Waals surface area contributed by atoms with Gasteiger partial charge in [0, 0.05) is 54.6 Å². The Labute approximate surface area is 221 Å². The second kappa shape index (κ2) is 9.88. The number of nitrogens with zero attached hydrogens (tertiary/aromatic N) is 2. The van der Waals surface area contributed by atoms with E-state index in [-0.39, 0.29) is 30.8 Å². The van der Waals surface area contributed by atoms with Crippen LogP contribution in [-0.2, 0) is 27.5 Å². The molecule has 5 rings (SSSR count). The number of pyridine rings is 1. The van der Waals surface area contributed by atoms with Gasteiger partial charge < -0.3 is 14.8 Å². The second-order valence-corrected chi connectivity index (χ2v) is 11.5. The van der Waals surface area contributed by atoms with E-state index in [2.05, 4.69) is 10.3 Å². The number of benzene rings is 2. The third-order valence-electron chi connectivity index (χ3n) is 6.77. The monoisotopic (exact) mass is 565 g/mol. The number of sulfonamides is 1. The highest BCUT2D eigenvalue weighted by molar-refractivity contribution is 7.89. The molecule has 2 aromatic carbocycles. The number of aromatic nitrogens is 1. The molecule has 0 bridgehead atoms. The fourth-order valence-electron chi connectivity index (χ4n) is 4.63. The summed E-state index contributed by atoms with van der Waals surface area (Å²) in [6, 6.07) is 7.64. The molecule has 8 nitrogen and oxygen atoms in total. The molecule has 0 aliphatic carbocycles. The number of amides is 1. The summed E-state index contributed by atoms with van der Waals surface area (Å²) in [5.41, 5.74) is -0.458. The van der Waals surface area contributed by atoms with E-state index in [0.29, 0.717) is 42.0 Å². The summed E-state index contributed by atoms with van der Waals surface area (Å²) in [4.78, 5) is 16.4. The summed E-state index contributed by atoms with van der Waals surface area (Å²) >= 11 is 0. The average Bonchev–Trinajstić information content (AvgIpc) is 2.84. The number of halogens is 4. The molecule has 1 spiro atoms. The van der Waals surface area contributed by atoms with Crippen LogP contribution in [0, 0.1) is 11.2 Å². The molecule has 1 N–H and O–H groups in total. The van der Waals surface area contributed by atoms with Crippen molar-refractivity contribution in [2.75, 3.05) is 33.4 Å². The third kappa shape index (κ3) is 5.21. The SMILES string of the molecule is COc1cc(F)ccc1-c1ccncc1CNC(=O)c1cc(C(F)(F)F)cc(S(=O)(=O)N2CC3(COC3)C2)c1. The summed E-state index contributed by atoms with van der Waals surface area (Å²) in [7, 11) is -2.89. The quantitative estimate of drug-likeness (QED) is 0.437. The number of carbonyl (C=O) groups is 1. The largest absolute Gasteiger partial charge is 0.496 e. The first-order valence-corrected chi connectivity index (χ1v) is 13.2. The van der Waals surface area contributed by atoms with Gasteiger partial charge in [0.15, 0.2) is 0 Å². The van der Waals surface area contributed by atoms with E-state index in [1.54, 1.807) is 6.07 Å². The van der Waals surface area contributed by atoms with Gasteiger partial charge in [-0.05, 0) is 47.5 Å². The predicted molar refractivity (Wildman–Crippen MR) is 131 cm³/mol. The van der Waals surface area contributed by atoms with E-state index in [9.17, 15) is 30.8 Å². The summed E-state index contributed by atoms with van der Waals surface area (Å²) in [5, 5.41) is 2.53. The molecule has 2 fully saturated rings. The zero-order valence-electron chi connectivity index (χ0n) is 20.6. The van der Waals surface area contributed by atoms with Gasteiger partial charge >= 0.3 is 6.18 Å². The van der Waals surface area contributed by atoms with Crippen molar-refractivity contribution in [3.8, 4) is 16.9 Å². The van der Waals surface area contributed by atoms with Crippen molar-refractivity contribution in [2.24, 2.45) is 5.41 Å². The molecule has 2 aliphatic rings. The highest BCUT2D eigenvalue weighted by Crippen LogP contribution is 2.41. The Balaban J connectivity index is 1.41. The summed E-state index contributed by atoms with van der Waals surface area (Å²) in [6.45, 7) is 0.924. The molecule has 39 heavy (non-hydrogen) atoms. The van der Waals surface area contributed by atoms with Crippen LogP contribution in [-0.4, -0.2) is 57.0 Å². The minimum atomic E-state index is -4.88. The third-order valence-corrected chi connectivity index (χ3v) is 8.54. The number of alkyl halides is 3. The number of nitrogens with one attached hydrogen (secondary N) is 1. The van der Waals surface area contributed by atoms with Crippen LogP contribution in [0.15, 0.2) is 59.8 Å². The van der Waals surface area contributed by atoms with Gasteiger partial charge in [0.1, 0.15) is 11.6 Å². The van der Waals surface area contributed by atoms with E-state index in [1.807, 2.05) is 0 Å². The van der Waals surface area contributed by atoms with Crippen molar-refractivity contribution in [1.29, 1.82) is 0 Å². The topological polar surface area (TPSA) is 97.8 Å². The first-order chi connectivity index (χ1) is 18.4. The number of ether oxygens (including phenoxy) is 2. The second-order valence-electron chi connectivity index (χ2n) is 9.57. The maximum absolute atomic E-state index is 13.7. The Morgan fingerprint density at radius 1 is 1.13 bits per heavy atom. The number of hydrogen-bond acceptors (Lipinski definition) is 6. The van der Waals surface area contributed by atoms with Crippen molar-refractivity contribution in [2.45, 2.75) is 17.6 Å². The lowest BCUT2D eigenvalue weighted by Crippen LogP contribution is -2.66. The van der Waals surface area contributed by atoms with E-state index in [1.165, 1.54) is 37.7 Å². The Kier molecular flexibility index (Phi) is 6.85. The Bertz CT molecular complexity index is 1530. The van der Waals surface area contributed by atoms with Crippen molar-refractivity contribution < 1.29 is 40.2 Å². The van der Waals surface area contributed by atoms with Crippen LogP contribution in [0.3, 0.4) is 0 Å². The lowest BCUT2D eigenvalue weighted by atomic mass is 9.80. The van der Waals surface area contributed by atoms with Gasteiger partial charge in [-0.15, -0.1) is 0 Å². The summed E-state index contributed by atoms with van der Waals surface area (Å²) in [6.07, 6.45) is -1.94. The molecule has 1 aromatic heterocycles. The van der Waals surface area contributed by atoms with E-state index in [0.717, 1.165) is 10.4 Å². The molecular formula is C26H23F4N3O5S. The molecule has 1 amide bonds. The van der Waals surface area contributed by atoms with Crippen LogP contribution < -0.4 is 10.1 Å². The zero-order chi connectivity index (χ0) is 28.0. The van der Waals surface area contributed by atoms with Gasteiger partial charge in [0.05, 0.1) is 30.8 Å². The van der Waals surface area contributed by atoms with Crippen molar-refractivity contribution >= 4 is 15.9 Å². The van der Waals surface area contributed by atoms with Crippen LogP contribution in [0.1, 0.15) is 21.5 Å². The average molecular weight is 566 g/mol. The fraction of sp³-hybridized carbons (Fsp3) is 0.308. The van der Waals surface area contributed by atoms with Gasteiger partial charge in [-0.2, -0.15) is 17.5 Å². The van der Waals surface area contributed by atoms with E-state index >= 15 is 0 Å². The van der Waals surface area contributed by atoms with Crippen LogP contribution in [0.5, 0.6) is 5.75 Å². The van der Waals surface area contributed by atoms with Gasteiger partial charge in [-0.3, -0.25) is 9.78 Å². The Hall–Kier alpha value is -3.55. The molecule has 0 saturated carbocycles. The van der Waals surface area contributed by atoms with Crippen molar-refractivity contribution in [3.63, 3.8) is 0 Å². The van der Waals surface area contributed by atoms with Crippen molar-refractivity contribution in [1.82, 2.24) is 14.6 Å². The molecule has 3 heterocycles. The molecular weight excluding hydrogens is 542 g/mol. The minimum Gasteiger partial charge on any atom is -0.496 e. The number of carbonyl (C=O) groups excluding carboxylic acids is 1.